The summed E-state index contributed by atoms with van der Waals surface area (Å²) in [6.07, 6.45) is 9.48. The Bertz CT molecular complexity index is 468. The van der Waals surface area contributed by atoms with Crippen LogP contribution in [0.3, 0.4) is 0 Å². The van der Waals surface area contributed by atoms with Crippen molar-refractivity contribution in [3.8, 4) is 0 Å². The fourth-order valence-corrected chi connectivity index (χ4v) is 3.66. The van der Waals surface area contributed by atoms with Gasteiger partial charge in [-0.2, -0.15) is 5.10 Å². The number of nitrogens with one attached hydrogen (secondary N) is 1. The van der Waals surface area contributed by atoms with E-state index >= 15 is 0 Å². The van der Waals surface area contributed by atoms with Crippen LogP contribution in [-0.4, -0.2) is 43.2 Å². The number of hydrogen-bond acceptors (Lipinski definition) is 4. The Balaban J connectivity index is 1.69. The van der Waals surface area contributed by atoms with E-state index in [1.165, 1.54) is 12.7 Å². The topological polar surface area (TPSA) is 82.1 Å². The van der Waals surface area contributed by atoms with E-state index in [1.807, 2.05) is 4.90 Å². The zero-order valence-corrected chi connectivity index (χ0v) is 12.4. The van der Waals surface area contributed by atoms with E-state index in [1.54, 1.807) is 0 Å². The molecule has 2 aliphatic rings. The molecule has 6 heteroatoms. The maximum absolute atomic E-state index is 12.7. The van der Waals surface area contributed by atoms with Crippen LogP contribution in [0.1, 0.15) is 69.7 Å². The maximum atomic E-state index is 12.7. The van der Waals surface area contributed by atoms with Gasteiger partial charge >= 0.3 is 0 Å². The summed E-state index contributed by atoms with van der Waals surface area (Å²) in [6.45, 7) is 0.750. The zero-order chi connectivity index (χ0) is 14.7. The van der Waals surface area contributed by atoms with Crippen LogP contribution in [0, 0.1) is 0 Å². The summed E-state index contributed by atoms with van der Waals surface area (Å²) in [5.74, 6) is 0.819. The lowest BCUT2D eigenvalue weighted by atomic mass is 9.82. The lowest BCUT2D eigenvalue weighted by Crippen LogP contribution is -2.44. The Labute approximate surface area is 124 Å². The van der Waals surface area contributed by atoms with Crippen LogP contribution in [0.15, 0.2) is 6.33 Å². The summed E-state index contributed by atoms with van der Waals surface area (Å²) in [6, 6.07) is -0.0130. The minimum absolute atomic E-state index is 0.0130. The predicted octanol–water partition coefficient (Wildman–Crippen LogP) is 1.94. The van der Waals surface area contributed by atoms with Crippen molar-refractivity contribution in [1.29, 1.82) is 0 Å². The molecule has 1 aromatic heterocycles. The van der Waals surface area contributed by atoms with E-state index in [-0.39, 0.29) is 18.4 Å². The minimum atomic E-state index is -0.793. The highest BCUT2D eigenvalue weighted by atomic mass is 16.3. The van der Waals surface area contributed by atoms with Crippen molar-refractivity contribution in [2.75, 3.05) is 6.54 Å². The Morgan fingerprint density at radius 1 is 1.33 bits per heavy atom. The Morgan fingerprint density at radius 3 is 2.86 bits per heavy atom. The molecule has 0 radical (unpaired) electrons. The third-order valence-electron chi connectivity index (χ3n) is 4.84. The van der Waals surface area contributed by atoms with E-state index < -0.39 is 5.60 Å². The highest BCUT2D eigenvalue weighted by molar-refractivity contribution is 5.77. The van der Waals surface area contributed by atoms with Crippen molar-refractivity contribution in [2.45, 2.75) is 69.4 Å². The predicted molar refractivity (Wildman–Crippen MR) is 77.3 cm³/mol. The molecule has 1 aliphatic carbocycles. The quantitative estimate of drug-likeness (QED) is 0.892. The number of amides is 1. The van der Waals surface area contributed by atoms with Crippen LogP contribution in [0.5, 0.6) is 0 Å². The summed E-state index contributed by atoms with van der Waals surface area (Å²) in [5.41, 5.74) is -0.793. The smallest absolute Gasteiger partial charge is 0.226 e. The average molecular weight is 292 g/mol. The van der Waals surface area contributed by atoms with Gasteiger partial charge in [-0.05, 0) is 32.1 Å². The van der Waals surface area contributed by atoms with Gasteiger partial charge in [0.05, 0.1) is 18.1 Å². The van der Waals surface area contributed by atoms with Gasteiger partial charge in [-0.3, -0.25) is 9.89 Å². The van der Waals surface area contributed by atoms with Crippen molar-refractivity contribution in [1.82, 2.24) is 20.1 Å². The summed E-state index contributed by atoms with van der Waals surface area (Å²) in [7, 11) is 0. The molecule has 21 heavy (non-hydrogen) atoms. The monoisotopic (exact) mass is 292 g/mol. The van der Waals surface area contributed by atoms with Gasteiger partial charge in [0, 0.05) is 6.54 Å². The summed E-state index contributed by atoms with van der Waals surface area (Å²) in [4.78, 5) is 18.8. The van der Waals surface area contributed by atoms with Gasteiger partial charge in [-0.1, -0.05) is 19.3 Å². The van der Waals surface area contributed by atoms with E-state index in [2.05, 4.69) is 15.2 Å². The molecule has 2 heterocycles. The number of aliphatic hydroxyl groups is 1. The van der Waals surface area contributed by atoms with E-state index in [4.69, 9.17) is 0 Å². The van der Waals surface area contributed by atoms with Crippen LogP contribution in [0.2, 0.25) is 0 Å². The molecule has 0 bridgehead atoms. The number of likely N-dealkylation sites (tertiary alicyclic amines) is 1. The summed E-state index contributed by atoms with van der Waals surface area (Å²) >= 11 is 0. The van der Waals surface area contributed by atoms with Crippen LogP contribution in [0.4, 0.5) is 0 Å². The molecule has 2 N–H and O–H groups in total. The SMILES string of the molecule is O=C(CC1(O)CCCCC1)N1CCCC[C@H]1c1ncn[nH]1. The summed E-state index contributed by atoms with van der Waals surface area (Å²) < 4.78 is 0. The van der Waals surface area contributed by atoms with Gasteiger partial charge in [-0.15, -0.1) is 0 Å². The van der Waals surface area contributed by atoms with Crippen LogP contribution < -0.4 is 0 Å². The fourth-order valence-electron chi connectivity index (χ4n) is 3.66. The first-order valence-corrected chi connectivity index (χ1v) is 8.05. The zero-order valence-electron chi connectivity index (χ0n) is 12.4. The van der Waals surface area contributed by atoms with Gasteiger partial charge in [0.1, 0.15) is 12.2 Å². The molecule has 0 aromatic carbocycles. The number of piperidine rings is 1. The van der Waals surface area contributed by atoms with Crippen LogP contribution in [0.25, 0.3) is 0 Å². The van der Waals surface area contributed by atoms with Crippen molar-refractivity contribution < 1.29 is 9.90 Å². The number of hydrogen-bond donors (Lipinski definition) is 2. The maximum Gasteiger partial charge on any atom is 0.226 e. The molecule has 1 atom stereocenters. The lowest BCUT2D eigenvalue weighted by Gasteiger charge is -2.38. The lowest BCUT2D eigenvalue weighted by molar-refractivity contribution is -0.141. The van der Waals surface area contributed by atoms with Crippen molar-refractivity contribution in [2.24, 2.45) is 0 Å². The molecule has 1 aliphatic heterocycles. The minimum Gasteiger partial charge on any atom is -0.389 e. The van der Waals surface area contributed by atoms with Gasteiger partial charge in [0.2, 0.25) is 5.91 Å². The van der Waals surface area contributed by atoms with Gasteiger partial charge < -0.3 is 10.0 Å². The first kappa shape index (κ1) is 14.5. The first-order valence-electron chi connectivity index (χ1n) is 8.05. The second kappa shape index (κ2) is 6.13. The van der Waals surface area contributed by atoms with E-state index in [0.717, 1.165) is 57.3 Å². The second-order valence-electron chi connectivity index (χ2n) is 6.43. The number of aromatic nitrogens is 3. The van der Waals surface area contributed by atoms with Gasteiger partial charge in [-0.25, -0.2) is 4.98 Å². The third-order valence-corrected chi connectivity index (χ3v) is 4.84. The number of rotatable bonds is 3. The highest BCUT2D eigenvalue weighted by Gasteiger charge is 2.36. The number of aromatic amines is 1. The van der Waals surface area contributed by atoms with Gasteiger partial charge in [0.15, 0.2) is 0 Å². The van der Waals surface area contributed by atoms with E-state index in [0.29, 0.717) is 0 Å². The molecule has 1 aromatic rings. The highest BCUT2D eigenvalue weighted by Crippen LogP contribution is 2.34. The van der Waals surface area contributed by atoms with Crippen LogP contribution in [-0.2, 0) is 4.79 Å². The molecule has 1 amide bonds. The molecular weight excluding hydrogens is 268 g/mol. The number of nitrogens with zero attached hydrogens (tertiary/aromatic N) is 3. The Hall–Kier alpha value is -1.43. The van der Waals surface area contributed by atoms with Crippen molar-refractivity contribution >= 4 is 5.91 Å². The largest absolute Gasteiger partial charge is 0.389 e. The molecule has 0 unspecified atom stereocenters. The average Bonchev–Trinajstić information content (AvgIpc) is 3.01. The normalized spacial score (nSPS) is 25.8. The molecule has 1 saturated carbocycles. The summed E-state index contributed by atoms with van der Waals surface area (Å²) in [5, 5.41) is 17.4. The molecule has 116 valence electrons. The Kier molecular flexibility index (Phi) is 4.24. The second-order valence-corrected chi connectivity index (χ2v) is 6.43. The molecule has 0 spiro atoms. The number of carbonyl (C=O) groups is 1. The van der Waals surface area contributed by atoms with Crippen LogP contribution >= 0.6 is 0 Å². The van der Waals surface area contributed by atoms with Gasteiger partial charge in [0.25, 0.3) is 0 Å². The Morgan fingerprint density at radius 2 is 2.14 bits per heavy atom. The molecule has 3 rings (SSSR count). The number of carbonyl (C=O) groups excluding carboxylic acids is 1. The fraction of sp³-hybridized carbons (Fsp3) is 0.800. The van der Waals surface area contributed by atoms with Crippen molar-refractivity contribution in [3.05, 3.63) is 12.2 Å². The molecule has 1 saturated heterocycles. The first-order chi connectivity index (χ1) is 10.2. The standard InChI is InChI=1S/C15H24N4O2/c20-13(10-15(21)7-3-1-4-8-15)19-9-5-2-6-12(19)14-16-11-17-18-14/h11-12,21H,1-10H2,(H,16,17,18)/t12-/m0/s1. The van der Waals surface area contributed by atoms with Crippen molar-refractivity contribution in [3.63, 3.8) is 0 Å². The molecular formula is C15H24N4O2. The number of H-pyrrole nitrogens is 1. The third kappa shape index (κ3) is 3.26. The molecule has 6 nitrogen and oxygen atoms in total. The van der Waals surface area contributed by atoms with E-state index in [9.17, 15) is 9.90 Å². The molecule has 2 fully saturated rings.